The fourth-order valence-electron chi connectivity index (χ4n) is 1.74. The predicted molar refractivity (Wildman–Crippen MR) is 74.0 cm³/mol. The Morgan fingerprint density at radius 2 is 2.05 bits per heavy atom. The summed E-state index contributed by atoms with van der Waals surface area (Å²) in [4.78, 5) is 11.8. The van der Waals surface area contributed by atoms with Crippen LogP contribution in [0.1, 0.15) is 19.8 Å². The largest absolute Gasteiger partial charge is 0.486 e. The third-order valence-corrected chi connectivity index (χ3v) is 3.19. The number of rotatable bonds is 4. The van der Waals surface area contributed by atoms with Crippen LogP contribution in [0.4, 0.5) is 5.69 Å². The molecule has 6 heteroatoms. The summed E-state index contributed by atoms with van der Waals surface area (Å²) in [6, 6.07) is 3.17. The van der Waals surface area contributed by atoms with Crippen LogP contribution in [0.3, 0.4) is 0 Å². The lowest BCUT2D eigenvalue weighted by Crippen LogP contribution is -2.26. The van der Waals surface area contributed by atoms with Crippen LogP contribution in [0, 0.1) is 0 Å². The van der Waals surface area contributed by atoms with Crippen molar-refractivity contribution in [1.29, 1.82) is 0 Å². The van der Waals surface area contributed by atoms with E-state index in [2.05, 4.69) is 5.32 Å². The number of halogens is 1. The number of hydrogen-bond acceptors (Lipinski definition) is 4. The minimum Gasteiger partial charge on any atom is -0.486 e. The van der Waals surface area contributed by atoms with Gasteiger partial charge in [0.25, 0.3) is 0 Å². The van der Waals surface area contributed by atoms with Gasteiger partial charge in [-0.2, -0.15) is 0 Å². The van der Waals surface area contributed by atoms with Crippen LogP contribution >= 0.6 is 11.6 Å². The van der Waals surface area contributed by atoms with Crippen molar-refractivity contribution in [2.75, 3.05) is 18.5 Å². The van der Waals surface area contributed by atoms with E-state index in [1.807, 2.05) is 6.92 Å². The molecule has 0 saturated heterocycles. The summed E-state index contributed by atoms with van der Waals surface area (Å²) in [5.74, 6) is 1.03. The number of hydrogen-bond donors (Lipinski definition) is 2. The first kappa shape index (κ1) is 14.0. The molecule has 104 valence electrons. The molecule has 1 heterocycles. The maximum atomic E-state index is 11.8. The molecule has 1 atom stereocenters. The van der Waals surface area contributed by atoms with E-state index in [1.165, 1.54) is 0 Å². The van der Waals surface area contributed by atoms with Crippen LogP contribution < -0.4 is 20.5 Å². The average Bonchev–Trinajstić information content (AvgIpc) is 2.39. The van der Waals surface area contributed by atoms with Gasteiger partial charge in [-0.3, -0.25) is 4.79 Å². The van der Waals surface area contributed by atoms with Crippen LogP contribution in [-0.4, -0.2) is 25.2 Å². The second kappa shape index (κ2) is 6.12. The number of ether oxygens (including phenoxy) is 2. The Kier molecular flexibility index (Phi) is 4.50. The van der Waals surface area contributed by atoms with E-state index in [0.717, 1.165) is 6.42 Å². The van der Waals surface area contributed by atoms with Crippen LogP contribution in [0.2, 0.25) is 5.02 Å². The molecule has 0 spiro atoms. The number of anilines is 1. The van der Waals surface area contributed by atoms with E-state index in [-0.39, 0.29) is 18.4 Å². The van der Waals surface area contributed by atoms with Crippen molar-refractivity contribution in [2.24, 2.45) is 5.73 Å². The Hall–Kier alpha value is -1.46. The van der Waals surface area contributed by atoms with Gasteiger partial charge in [-0.05, 0) is 6.42 Å². The van der Waals surface area contributed by atoms with E-state index in [9.17, 15) is 4.79 Å². The van der Waals surface area contributed by atoms with Crippen LogP contribution in [0.5, 0.6) is 11.5 Å². The van der Waals surface area contributed by atoms with Gasteiger partial charge in [0.2, 0.25) is 5.91 Å². The monoisotopic (exact) mass is 284 g/mol. The van der Waals surface area contributed by atoms with Crippen LogP contribution in [0.25, 0.3) is 0 Å². The number of carbonyl (C=O) groups is 1. The van der Waals surface area contributed by atoms with Crippen molar-refractivity contribution in [2.45, 2.75) is 25.8 Å². The highest BCUT2D eigenvalue weighted by Crippen LogP contribution is 2.37. The maximum absolute atomic E-state index is 11.8. The molecule has 0 saturated carbocycles. The van der Waals surface area contributed by atoms with Crippen molar-refractivity contribution in [1.82, 2.24) is 0 Å². The molecule has 0 fully saturated rings. The molecular formula is C13H17ClN2O3. The van der Waals surface area contributed by atoms with Crippen LogP contribution in [0.15, 0.2) is 12.1 Å². The van der Waals surface area contributed by atoms with E-state index in [4.69, 9.17) is 26.8 Å². The predicted octanol–water partition coefficient (Wildman–Crippen LogP) is 2.18. The highest BCUT2D eigenvalue weighted by Gasteiger charge is 2.17. The molecular weight excluding hydrogens is 268 g/mol. The zero-order chi connectivity index (χ0) is 13.8. The number of nitrogens with two attached hydrogens (primary N) is 1. The molecule has 1 unspecified atom stereocenters. The third-order valence-electron chi connectivity index (χ3n) is 2.88. The summed E-state index contributed by atoms with van der Waals surface area (Å²) in [6.07, 6.45) is 1.02. The van der Waals surface area contributed by atoms with Gasteiger partial charge >= 0.3 is 0 Å². The number of nitrogens with one attached hydrogen (secondary N) is 1. The Morgan fingerprint density at radius 3 is 2.68 bits per heavy atom. The fourth-order valence-corrected chi connectivity index (χ4v) is 1.94. The standard InChI is InChI=1S/C13H17ClN2O3/c1-2-8(15)5-13(17)16-10-7-12-11(6-9(10)14)18-3-4-19-12/h6-8H,2-5,15H2,1H3,(H,16,17). The highest BCUT2D eigenvalue weighted by atomic mass is 35.5. The summed E-state index contributed by atoms with van der Waals surface area (Å²) in [5.41, 5.74) is 6.25. The zero-order valence-electron chi connectivity index (χ0n) is 10.7. The molecule has 0 bridgehead atoms. The second-order valence-electron chi connectivity index (χ2n) is 4.40. The minimum absolute atomic E-state index is 0.143. The summed E-state index contributed by atoms with van der Waals surface area (Å²) in [5, 5.41) is 3.16. The molecule has 5 nitrogen and oxygen atoms in total. The molecule has 0 radical (unpaired) electrons. The third kappa shape index (κ3) is 3.52. The number of fused-ring (bicyclic) bond motifs is 1. The Labute approximate surface area is 117 Å². The molecule has 0 aliphatic carbocycles. The van der Waals surface area contributed by atoms with E-state index >= 15 is 0 Å². The summed E-state index contributed by atoms with van der Waals surface area (Å²) in [6.45, 7) is 2.93. The molecule has 1 aromatic carbocycles. The summed E-state index contributed by atoms with van der Waals surface area (Å²) < 4.78 is 10.8. The van der Waals surface area contributed by atoms with Crippen molar-refractivity contribution >= 4 is 23.2 Å². The number of carbonyl (C=O) groups excluding carboxylic acids is 1. The number of benzene rings is 1. The Balaban J connectivity index is 2.10. The maximum Gasteiger partial charge on any atom is 0.225 e. The van der Waals surface area contributed by atoms with Gasteiger partial charge in [0.15, 0.2) is 11.5 Å². The average molecular weight is 285 g/mol. The molecule has 19 heavy (non-hydrogen) atoms. The van der Waals surface area contributed by atoms with E-state index < -0.39 is 0 Å². The van der Waals surface area contributed by atoms with Gasteiger partial charge in [0.05, 0.1) is 10.7 Å². The molecule has 0 aromatic heterocycles. The molecule has 1 aromatic rings. The highest BCUT2D eigenvalue weighted by molar-refractivity contribution is 6.34. The normalized spacial score (nSPS) is 14.9. The SMILES string of the molecule is CCC(N)CC(=O)Nc1cc2c(cc1Cl)OCCO2. The lowest BCUT2D eigenvalue weighted by atomic mass is 10.1. The smallest absolute Gasteiger partial charge is 0.225 e. The first-order chi connectivity index (χ1) is 9.10. The van der Waals surface area contributed by atoms with Gasteiger partial charge in [-0.15, -0.1) is 0 Å². The van der Waals surface area contributed by atoms with Gasteiger partial charge in [-0.1, -0.05) is 18.5 Å². The topological polar surface area (TPSA) is 73.6 Å². The van der Waals surface area contributed by atoms with Crippen molar-refractivity contribution in [3.8, 4) is 11.5 Å². The summed E-state index contributed by atoms with van der Waals surface area (Å²) >= 11 is 6.09. The van der Waals surface area contributed by atoms with Crippen molar-refractivity contribution < 1.29 is 14.3 Å². The number of amides is 1. The summed E-state index contributed by atoms with van der Waals surface area (Å²) in [7, 11) is 0. The van der Waals surface area contributed by atoms with Crippen molar-refractivity contribution in [3.63, 3.8) is 0 Å². The first-order valence-electron chi connectivity index (χ1n) is 6.24. The molecule has 1 amide bonds. The van der Waals surface area contributed by atoms with E-state index in [0.29, 0.717) is 35.4 Å². The second-order valence-corrected chi connectivity index (χ2v) is 4.80. The lowest BCUT2D eigenvalue weighted by molar-refractivity contribution is -0.116. The van der Waals surface area contributed by atoms with Crippen LogP contribution in [-0.2, 0) is 4.79 Å². The van der Waals surface area contributed by atoms with Gasteiger partial charge in [0.1, 0.15) is 13.2 Å². The molecule has 2 rings (SSSR count). The molecule has 1 aliphatic rings. The Morgan fingerprint density at radius 1 is 1.42 bits per heavy atom. The minimum atomic E-state index is -0.159. The lowest BCUT2D eigenvalue weighted by Gasteiger charge is -2.20. The van der Waals surface area contributed by atoms with Gasteiger partial charge < -0.3 is 20.5 Å². The fraction of sp³-hybridized carbons (Fsp3) is 0.462. The first-order valence-corrected chi connectivity index (χ1v) is 6.62. The zero-order valence-corrected chi connectivity index (χ0v) is 11.5. The van der Waals surface area contributed by atoms with E-state index in [1.54, 1.807) is 12.1 Å². The Bertz CT molecular complexity index is 479. The molecule has 3 N–H and O–H groups in total. The van der Waals surface area contributed by atoms with Gasteiger partial charge in [-0.25, -0.2) is 0 Å². The van der Waals surface area contributed by atoms with Crippen molar-refractivity contribution in [3.05, 3.63) is 17.2 Å². The molecule has 1 aliphatic heterocycles. The van der Waals surface area contributed by atoms with Gasteiger partial charge in [0, 0.05) is 24.6 Å². The quantitative estimate of drug-likeness (QED) is 0.889.